The molecule has 0 fully saturated rings. The lowest BCUT2D eigenvalue weighted by Gasteiger charge is -1.92. The highest BCUT2D eigenvalue weighted by Crippen LogP contribution is 1.98. The predicted molar refractivity (Wildman–Crippen MR) is 28.8 cm³/mol. The summed E-state index contributed by atoms with van der Waals surface area (Å²) in [5, 5.41) is 21.2. The van der Waals surface area contributed by atoms with Gasteiger partial charge in [-0.25, -0.2) is 18.0 Å². The van der Waals surface area contributed by atoms with Gasteiger partial charge in [-0.3, -0.25) is 0 Å². The van der Waals surface area contributed by atoms with E-state index < -0.39 is 18.9 Å². The predicted octanol–water partition coefficient (Wildman–Crippen LogP) is 0.924. The maximum atomic E-state index is 10.6. The number of hydrogen-bond donors (Lipinski definition) is 4. The molecule has 0 saturated carbocycles. The SMILES string of the molecule is N.O=C(O)O.OC(F)C(F)F. The van der Waals surface area contributed by atoms with Crippen molar-refractivity contribution >= 4 is 6.16 Å². The van der Waals surface area contributed by atoms with E-state index in [2.05, 4.69) is 0 Å². The molecule has 6 N–H and O–H groups in total. The minimum Gasteiger partial charge on any atom is -0.450 e. The van der Waals surface area contributed by atoms with Crippen LogP contribution in [-0.4, -0.2) is 34.3 Å². The van der Waals surface area contributed by atoms with Crippen molar-refractivity contribution in [2.24, 2.45) is 0 Å². The van der Waals surface area contributed by atoms with Crippen LogP contribution in [0.15, 0.2) is 0 Å². The molecule has 5 nitrogen and oxygen atoms in total. The smallest absolute Gasteiger partial charge is 0.450 e. The number of aliphatic hydroxyl groups is 1. The maximum Gasteiger partial charge on any atom is 0.503 e. The Bertz CT molecular complexity index is 88.6. The van der Waals surface area contributed by atoms with Crippen LogP contribution in [0.5, 0.6) is 0 Å². The Morgan fingerprint density at radius 2 is 1.27 bits per heavy atom. The van der Waals surface area contributed by atoms with E-state index in [9.17, 15) is 13.2 Å². The van der Waals surface area contributed by atoms with Crippen LogP contribution in [0.2, 0.25) is 0 Å². The Kier molecular flexibility index (Phi) is 13.5. The largest absolute Gasteiger partial charge is 0.503 e. The first-order valence-corrected chi connectivity index (χ1v) is 1.90. The lowest BCUT2D eigenvalue weighted by atomic mass is 10.7. The molecule has 0 saturated heterocycles. The molecule has 0 aromatic rings. The van der Waals surface area contributed by atoms with E-state index in [0.717, 1.165) is 0 Å². The van der Waals surface area contributed by atoms with Crippen LogP contribution >= 0.6 is 0 Å². The summed E-state index contributed by atoms with van der Waals surface area (Å²) in [6.45, 7) is 0. The maximum absolute atomic E-state index is 10.6. The van der Waals surface area contributed by atoms with Crippen LogP contribution in [0.1, 0.15) is 0 Å². The van der Waals surface area contributed by atoms with Crippen LogP contribution in [0.3, 0.4) is 0 Å². The fraction of sp³-hybridized carbons (Fsp3) is 0.667. The van der Waals surface area contributed by atoms with Gasteiger partial charge in [-0.05, 0) is 0 Å². The molecule has 0 heterocycles. The second-order valence-electron chi connectivity index (χ2n) is 0.990. The number of aliphatic hydroxyl groups excluding tert-OH is 1. The quantitative estimate of drug-likeness (QED) is 0.478. The second-order valence-corrected chi connectivity index (χ2v) is 0.990. The van der Waals surface area contributed by atoms with E-state index in [0.29, 0.717) is 0 Å². The summed E-state index contributed by atoms with van der Waals surface area (Å²) in [6.07, 6.45) is -8.07. The van der Waals surface area contributed by atoms with Gasteiger partial charge in [-0.15, -0.1) is 0 Å². The summed E-state index contributed by atoms with van der Waals surface area (Å²) in [6, 6.07) is 0. The summed E-state index contributed by atoms with van der Waals surface area (Å²) in [5.74, 6) is 0. The van der Waals surface area contributed by atoms with E-state index in [-0.39, 0.29) is 6.15 Å². The van der Waals surface area contributed by atoms with Crippen molar-refractivity contribution in [1.82, 2.24) is 6.15 Å². The van der Waals surface area contributed by atoms with Crippen molar-refractivity contribution in [2.45, 2.75) is 12.8 Å². The summed E-state index contributed by atoms with van der Waals surface area (Å²) < 4.78 is 31.7. The highest BCUT2D eigenvalue weighted by atomic mass is 19.3. The summed E-state index contributed by atoms with van der Waals surface area (Å²) >= 11 is 0. The molecule has 0 spiro atoms. The average Bonchev–Trinajstić information content (AvgIpc) is 1.63. The Labute approximate surface area is 59.7 Å². The number of carboxylic acid groups (broad SMARTS) is 2. The van der Waals surface area contributed by atoms with E-state index in [1.165, 1.54) is 0 Å². The highest BCUT2D eigenvalue weighted by Gasteiger charge is 2.12. The number of carbonyl (C=O) groups is 1. The van der Waals surface area contributed by atoms with E-state index in [1.54, 1.807) is 0 Å². The molecular weight excluding hydrogens is 171 g/mol. The highest BCUT2D eigenvalue weighted by molar-refractivity contribution is 5.53. The van der Waals surface area contributed by atoms with Gasteiger partial charge in [-0.1, -0.05) is 0 Å². The van der Waals surface area contributed by atoms with E-state index in [1.807, 2.05) is 0 Å². The van der Waals surface area contributed by atoms with Crippen molar-refractivity contribution in [3.8, 4) is 0 Å². The van der Waals surface area contributed by atoms with Gasteiger partial charge < -0.3 is 21.5 Å². The van der Waals surface area contributed by atoms with Crippen LogP contribution in [-0.2, 0) is 0 Å². The van der Waals surface area contributed by atoms with Crippen LogP contribution in [0, 0.1) is 0 Å². The molecule has 0 bridgehead atoms. The van der Waals surface area contributed by atoms with Gasteiger partial charge >= 0.3 is 6.16 Å². The molecule has 0 aromatic carbocycles. The monoisotopic (exact) mass is 179 g/mol. The summed E-state index contributed by atoms with van der Waals surface area (Å²) in [4.78, 5) is 8.56. The molecule has 1 unspecified atom stereocenters. The van der Waals surface area contributed by atoms with Crippen molar-refractivity contribution in [1.29, 1.82) is 0 Å². The molecule has 11 heavy (non-hydrogen) atoms. The molecule has 0 aromatic heterocycles. The van der Waals surface area contributed by atoms with Gasteiger partial charge in [0, 0.05) is 0 Å². The summed E-state index contributed by atoms with van der Waals surface area (Å²) in [7, 11) is 0. The second kappa shape index (κ2) is 8.98. The first-order chi connectivity index (χ1) is 4.37. The summed E-state index contributed by atoms with van der Waals surface area (Å²) in [5.41, 5.74) is 0. The van der Waals surface area contributed by atoms with Crippen LogP contribution in [0.25, 0.3) is 0 Å². The van der Waals surface area contributed by atoms with Gasteiger partial charge in [0.15, 0.2) is 0 Å². The number of halogens is 3. The first-order valence-electron chi connectivity index (χ1n) is 1.90. The molecule has 0 aliphatic heterocycles. The van der Waals surface area contributed by atoms with Crippen LogP contribution < -0.4 is 6.15 Å². The molecule has 0 amide bonds. The third-order valence-electron chi connectivity index (χ3n) is 0.208. The lowest BCUT2D eigenvalue weighted by molar-refractivity contribution is -0.0843. The third kappa shape index (κ3) is 49.3. The molecule has 1 atom stereocenters. The first kappa shape index (κ1) is 16.5. The Balaban J connectivity index is -0.000000114. The van der Waals surface area contributed by atoms with Gasteiger partial charge in [0.1, 0.15) is 0 Å². The Morgan fingerprint density at radius 3 is 1.27 bits per heavy atom. The lowest BCUT2D eigenvalue weighted by Crippen LogP contribution is -2.08. The van der Waals surface area contributed by atoms with Crippen LogP contribution in [0.4, 0.5) is 18.0 Å². The molecule has 0 aliphatic carbocycles. The molecule has 0 aliphatic rings. The third-order valence-corrected chi connectivity index (χ3v) is 0.208. The standard InChI is InChI=1S/C2H3F3O.CH2O3.H3N/c3-1(4)2(5)6;2-1(3)4;/h1-2,6H;(H2,2,3,4);1H3. The Morgan fingerprint density at radius 1 is 1.18 bits per heavy atom. The normalized spacial score (nSPS) is 10.6. The molecular formula is C3H8F3NO4. The zero-order chi connectivity index (χ0) is 8.73. The molecule has 0 radical (unpaired) electrons. The fourth-order valence-corrected chi connectivity index (χ4v) is 0. The number of hydrogen-bond acceptors (Lipinski definition) is 3. The average molecular weight is 179 g/mol. The zero-order valence-corrected chi connectivity index (χ0v) is 5.25. The Hall–Kier alpha value is -1.02. The number of rotatable bonds is 1. The molecule has 0 rings (SSSR count). The van der Waals surface area contributed by atoms with E-state index in [4.69, 9.17) is 20.1 Å². The van der Waals surface area contributed by atoms with E-state index >= 15 is 0 Å². The zero-order valence-electron chi connectivity index (χ0n) is 5.25. The van der Waals surface area contributed by atoms with Gasteiger partial charge in [0.05, 0.1) is 0 Å². The van der Waals surface area contributed by atoms with Gasteiger partial charge in [-0.2, -0.15) is 0 Å². The molecule has 8 heteroatoms. The van der Waals surface area contributed by atoms with Crippen molar-refractivity contribution in [3.05, 3.63) is 0 Å². The molecule has 70 valence electrons. The van der Waals surface area contributed by atoms with Crippen molar-refractivity contribution < 1.29 is 33.3 Å². The number of alkyl halides is 3. The van der Waals surface area contributed by atoms with Gasteiger partial charge in [0.2, 0.25) is 0 Å². The van der Waals surface area contributed by atoms with Crippen molar-refractivity contribution in [3.63, 3.8) is 0 Å². The van der Waals surface area contributed by atoms with Crippen molar-refractivity contribution in [2.75, 3.05) is 0 Å². The minimum absolute atomic E-state index is 0. The van der Waals surface area contributed by atoms with Gasteiger partial charge in [0.25, 0.3) is 12.8 Å². The fourth-order valence-electron chi connectivity index (χ4n) is 0. The minimum atomic E-state index is -3.26. The topological polar surface area (TPSA) is 113 Å².